The van der Waals surface area contributed by atoms with E-state index in [4.69, 9.17) is 0 Å². The smallest absolute Gasteiger partial charge is 0.229 e. The summed E-state index contributed by atoms with van der Waals surface area (Å²) < 4.78 is 0. The number of nitrogens with zero attached hydrogens (tertiary/aromatic N) is 1. The molecule has 0 spiro atoms. The molecule has 14 heavy (non-hydrogen) atoms. The third-order valence-electron chi connectivity index (χ3n) is 2.35. The van der Waals surface area contributed by atoms with Gasteiger partial charge in [-0.2, -0.15) is 0 Å². The zero-order valence-electron chi connectivity index (χ0n) is 9.03. The van der Waals surface area contributed by atoms with E-state index in [-0.39, 0.29) is 11.8 Å². The van der Waals surface area contributed by atoms with Crippen LogP contribution in [-0.2, 0) is 4.79 Å². The monoisotopic (exact) mass is 191 g/mol. The molecule has 0 radical (unpaired) electrons. The summed E-state index contributed by atoms with van der Waals surface area (Å²) in [4.78, 5) is 13.5. The summed E-state index contributed by atoms with van der Waals surface area (Å²) in [5.74, 6) is 0.185. The van der Waals surface area contributed by atoms with Gasteiger partial charge in [0.05, 0.1) is 5.92 Å². The summed E-state index contributed by atoms with van der Waals surface area (Å²) >= 11 is 0. The molecule has 0 bridgehead atoms. The Hall–Kier alpha value is -1.31. The van der Waals surface area contributed by atoms with Gasteiger partial charge in [0.15, 0.2) is 0 Å². The molecule has 0 aromatic heterocycles. The van der Waals surface area contributed by atoms with Crippen LogP contribution in [0.5, 0.6) is 0 Å². The summed E-state index contributed by atoms with van der Waals surface area (Å²) in [5, 5.41) is 0. The van der Waals surface area contributed by atoms with Gasteiger partial charge in [-0.05, 0) is 12.0 Å². The van der Waals surface area contributed by atoms with Crippen LogP contribution < -0.4 is 0 Å². The molecule has 0 heterocycles. The van der Waals surface area contributed by atoms with Gasteiger partial charge in [-0.1, -0.05) is 37.3 Å². The summed E-state index contributed by atoms with van der Waals surface area (Å²) in [6.45, 7) is 2.04. The molecule has 76 valence electrons. The third kappa shape index (κ3) is 2.34. The maximum absolute atomic E-state index is 11.8. The normalized spacial score (nSPS) is 12.2. The van der Waals surface area contributed by atoms with Crippen LogP contribution in [0.15, 0.2) is 30.3 Å². The van der Waals surface area contributed by atoms with Gasteiger partial charge in [0.2, 0.25) is 5.91 Å². The Morgan fingerprint density at radius 3 is 2.29 bits per heavy atom. The average molecular weight is 191 g/mol. The van der Waals surface area contributed by atoms with E-state index < -0.39 is 0 Å². The number of carbonyl (C=O) groups is 1. The Balaban J connectivity index is 2.88. The number of amides is 1. The van der Waals surface area contributed by atoms with E-state index in [1.165, 1.54) is 0 Å². The molecule has 0 aliphatic carbocycles. The molecule has 0 saturated heterocycles. The fourth-order valence-corrected chi connectivity index (χ4v) is 1.55. The molecule has 0 saturated carbocycles. The third-order valence-corrected chi connectivity index (χ3v) is 2.35. The first-order valence-electron chi connectivity index (χ1n) is 4.93. The molecule has 1 atom stereocenters. The van der Waals surface area contributed by atoms with Crippen LogP contribution >= 0.6 is 0 Å². The Morgan fingerprint density at radius 2 is 1.86 bits per heavy atom. The largest absolute Gasteiger partial charge is 0.348 e. The van der Waals surface area contributed by atoms with Gasteiger partial charge in [0.1, 0.15) is 0 Å². The molecule has 2 nitrogen and oxygen atoms in total. The summed E-state index contributed by atoms with van der Waals surface area (Å²) in [7, 11) is 3.60. The van der Waals surface area contributed by atoms with Crippen LogP contribution in [0.3, 0.4) is 0 Å². The van der Waals surface area contributed by atoms with Crippen molar-refractivity contribution in [1.29, 1.82) is 0 Å². The summed E-state index contributed by atoms with van der Waals surface area (Å²) in [6.07, 6.45) is 0.848. The van der Waals surface area contributed by atoms with E-state index in [0.29, 0.717) is 0 Å². The lowest BCUT2D eigenvalue weighted by molar-refractivity contribution is -0.130. The van der Waals surface area contributed by atoms with Crippen molar-refractivity contribution in [1.82, 2.24) is 4.90 Å². The highest BCUT2D eigenvalue weighted by Gasteiger charge is 2.19. The predicted molar refractivity (Wildman–Crippen MR) is 58.2 cm³/mol. The molecule has 1 aromatic rings. The fraction of sp³-hybridized carbons (Fsp3) is 0.417. The zero-order valence-corrected chi connectivity index (χ0v) is 9.03. The molecular weight excluding hydrogens is 174 g/mol. The highest BCUT2D eigenvalue weighted by atomic mass is 16.2. The highest BCUT2D eigenvalue weighted by molar-refractivity contribution is 5.83. The van der Waals surface area contributed by atoms with Gasteiger partial charge in [-0.25, -0.2) is 0 Å². The van der Waals surface area contributed by atoms with Crippen molar-refractivity contribution in [3.05, 3.63) is 35.9 Å². The van der Waals surface area contributed by atoms with E-state index in [9.17, 15) is 4.79 Å². The molecular formula is C12H17NO. The lowest BCUT2D eigenvalue weighted by atomic mass is 9.95. The van der Waals surface area contributed by atoms with Crippen LogP contribution in [0.4, 0.5) is 0 Å². The standard InChI is InChI=1S/C12H17NO/c1-4-11(12(14)13(2)3)10-8-6-5-7-9-10/h5-9,11H,4H2,1-3H3. The molecule has 0 N–H and O–H groups in total. The van der Waals surface area contributed by atoms with Crippen molar-refractivity contribution >= 4 is 5.91 Å². The van der Waals surface area contributed by atoms with E-state index >= 15 is 0 Å². The Bertz CT molecular complexity index is 292. The average Bonchev–Trinajstić information content (AvgIpc) is 2.20. The van der Waals surface area contributed by atoms with Gasteiger partial charge >= 0.3 is 0 Å². The quantitative estimate of drug-likeness (QED) is 0.717. The highest BCUT2D eigenvalue weighted by Crippen LogP contribution is 2.20. The van der Waals surface area contributed by atoms with Crippen LogP contribution in [0, 0.1) is 0 Å². The number of benzene rings is 1. The number of likely N-dealkylation sites (N-methyl/N-ethyl adjacent to an activating group) is 1. The number of hydrogen-bond acceptors (Lipinski definition) is 1. The Labute approximate surface area is 85.5 Å². The first-order valence-corrected chi connectivity index (χ1v) is 4.93. The Morgan fingerprint density at radius 1 is 1.29 bits per heavy atom. The van der Waals surface area contributed by atoms with E-state index in [0.717, 1.165) is 12.0 Å². The molecule has 1 aromatic carbocycles. The van der Waals surface area contributed by atoms with Crippen LogP contribution in [0.2, 0.25) is 0 Å². The minimum absolute atomic E-state index is 0.00574. The molecule has 1 rings (SSSR count). The molecule has 1 unspecified atom stereocenters. The molecule has 0 fully saturated rings. The van der Waals surface area contributed by atoms with Gasteiger partial charge in [0, 0.05) is 14.1 Å². The SMILES string of the molecule is CCC(C(=O)N(C)C)c1ccccc1. The topological polar surface area (TPSA) is 20.3 Å². The minimum Gasteiger partial charge on any atom is -0.348 e. The molecule has 0 aliphatic heterocycles. The predicted octanol–water partition coefficient (Wildman–Crippen LogP) is 2.27. The molecule has 1 amide bonds. The molecule has 2 heteroatoms. The van der Waals surface area contributed by atoms with Crippen molar-refractivity contribution in [2.24, 2.45) is 0 Å². The maximum Gasteiger partial charge on any atom is 0.229 e. The van der Waals surface area contributed by atoms with Gasteiger partial charge < -0.3 is 4.90 Å². The lowest BCUT2D eigenvalue weighted by Crippen LogP contribution is -2.27. The van der Waals surface area contributed by atoms with Crippen molar-refractivity contribution < 1.29 is 4.79 Å². The van der Waals surface area contributed by atoms with Crippen LogP contribution in [0.1, 0.15) is 24.8 Å². The van der Waals surface area contributed by atoms with E-state index in [1.54, 1.807) is 19.0 Å². The first-order chi connectivity index (χ1) is 6.66. The lowest BCUT2D eigenvalue weighted by Gasteiger charge is -2.19. The zero-order chi connectivity index (χ0) is 10.6. The van der Waals surface area contributed by atoms with Gasteiger partial charge in [0.25, 0.3) is 0 Å². The Kier molecular flexibility index (Phi) is 3.69. The van der Waals surface area contributed by atoms with Crippen molar-refractivity contribution in [3.8, 4) is 0 Å². The number of carbonyl (C=O) groups excluding carboxylic acids is 1. The summed E-state index contributed by atoms with van der Waals surface area (Å²) in [5.41, 5.74) is 1.11. The minimum atomic E-state index is 0.00574. The fourth-order valence-electron chi connectivity index (χ4n) is 1.55. The second-order valence-corrected chi connectivity index (χ2v) is 3.60. The van der Waals surface area contributed by atoms with E-state index in [1.807, 2.05) is 37.3 Å². The van der Waals surface area contributed by atoms with Crippen molar-refractivity contribution in [3.63, 3.8) is 0 Å². The summed E-state index contributed by atoms with van der Waals surface area (Å²) in [6, 6.07) is 9.93. The van der Waals surface area contributed by atoms with Crippen molar-refractivity contribution in [2.75, 3.05) is 14.1 Å². The van der Waals surface area contributed by atoms with Crippen molar-refractivity contribution in [2.45, 2.75) is 19.3 Å². The first kappa shape index (κ1) is 10.8. The van der Waals surface area contributed by atoms with Crippen LogP contribution in [-0.4, -0.2) is 24.9 Å². The van der Waals surface area contributed by atoms with E-state index in [2.05, 4.69) is 0 Å². The second-order valence-electron chi connectivity index (χ2n) is 3.60. The van der Waals surface area contributed by atoms with Gasteiger partial charge in [-0.15, -0.1) is 0 Å². The molecule has 0 aliphatic rings. The number of hydrogen-bond donors (Lipinski definition) is 0. The van der Waals surface area contributed by atoms with Gasteiger partial charge in [-0.3, -0.25) is 4.79 Å². The van der Waals surface area contributed by atoms with Crippen LogP contribution in [0.25, 0.3) is 0 Å². The maximum atomic E-state index is 11.8. The number of rotatable bonds is 3. The second kappa shape index (κ2) is 4.80.